The number of ether oxygens (including phenoxy) is 1. The summed E-state index contributed by atoms with van der Waals surface area (Å²) < 4.78 is 4.91. The standard InChI is InChI=1S/C13H12N4O2/c1-2-19-13(18)12-11(15-17-16-12)10-5-3-9(4-6-10)7-8-14/h3-6H,2,7H2,1H3,(H,15,16,17). The van der Waals surface area contributed by atoms with E-state index in [-0.39, 0.29) is 12.3 Å². The van der Waals surface area contributed by atoms with Crippen LogP contribution in [0.3, 0.4) is 0 Å². The third-order valence-corrected chi connectivity index (χ3v) is 2.53. The van der Waals surface area contributed by atoms with Gasteiger partial charge < -0.3 is 4.74 Å². The van der Waals surface area contributed by atoms with Crippen molar-refractivity contribution < 1.29 is 9.53 Å². The summed E-state index contributed by atoms with van der Waals surface area (Å²) in [6.07, 6.45) is 0.351. The van der Waals surface area contributed by atoms with Gasteiger partial charge in [0.25, 0.3) is 0 Å². The molecule has 1 aromatic carbocycles. The van der Waals surface area contributed by atoms with Gasteiger partial charge in [-0.25, -0.2) is 4.79 Å². The van der Waals surface area contributed by atoms with Crippen LogP contribution in [0.2, 0.25) is 0 Å². The molecule has 0 atom stereocenters. The molecule has 6 heteroatoms. The first-order chi connectivity index (χ1) is 9.26. The largest absolute Gasteiger partial charge is 0.461 e. The van der Waals surface area contributed by atoms with Crippen LogP contribution < -0.4 is 0 Å². The SMILES string of the molecule is CCOC(=O)c1n[nH]nc1-c1ccc(CC#N)cc1. The van der Waals surface area contributed by atoms with Crippen molar-refractivity contribution in [2.75, 3.05) is 6.61 Å². The van der Waals surface area contributed by atoms with Crippen LogP contribution in [-0.2, 0) is 11.2 Å². The minimum Gasteiger partial charge on any atom is -0.461 e. The maximum atomic E-state index is 11.7. The third kappa shape index (κ3) is 2.77. The van der Waals surface area contributed by atoms with E-state index in [0.29, 0.717) is 12.1 Å². The van der Waals surface area contributed by atoms with E-state index in [4.69, 9.17) is 10.00 Å². The molecule has 1 heterocycles. The van der Waals surface area contributed by atoms with Gasteiger partial charge in [-0.3, -0.25) is 0 Å². The number of nitrogens with one attached hydrogen (secondary N) is 1. The second-order valence-corrected chi connectivity index (χ2v) is 3.77. The highest BCUT2D eigenvalue weighted by Gasteiger charge is 2.18. The zero-order valence-electron chi connectivity index (χ0n) is 10.4. The Kier molecular flexibility index (Phi) is 3.88. The molecule has 1 N–H and O–H groups in total. The van der Waals surface area contributed by atoms with E-state index in [1.165, 1.54) is 0 Å². The fourth-order valence-corrected chi connectivity index (χ4v) is 1.65. The molecule has 0 unspecified atom stereocenters. The van der Waals surface area contributed by atoms with E-state index in [0.717, 1.165) is 11.1 Å². The van der Waals surface area contributed by atoms with Gasteiger partial charge >= 0.3 is 5.97 Å². The van der Waals surface area contributed by atoms with Gasteiger partial charge in [-0.2, -0.15) is 15.6 Å². The molecule has 0 radical (unpaired) electrons. The first-order valence-corrected chi connectivity index (χ1v) is 5.80. The second-order valence-electron chi connectivity index (χ2n) is 3.77. The highest BCUT2D eigenvalue weighted by molar-refractivity contribution is 5.93. The molecule has 0 spiro atoms. The third-order valence-electron chi connectivity index (χ3n) is 2.53. The molecule has 0 aliphatic rings. The Morgan fingerprint density at radius 1 is 1.37 bits per heavy atom. The Hall–Kier alpha value is -2.68. The Labute approximate surface area is 110 Å². The summed E-state index contributed by atoms with van der Waals surface area (Å²) in [7, 11) is 0. The molecule has 0 aliphatic carbocycles. The van der Waals surface area contributed by atoms with Crippen LogP contribution in [-0.4, -0.2) is 28.0 Å². The van der Waals surface area contributed by atoms with Gasteiger partial charge in [0, 0.05) is 5.56 Å². The van der Waals surface area contributed by atoms with Crippen molar-refractivity contribution in [1.82, 2.24) is 15.4 Å². The average molecular weight is 256 g/mol. The fraction of sp³-hybridized carbons (Fsp3) is 0.231. The second kappa shape index (κ2) is 5.78. The van der Waals surface area contributed by atoms with Crippen LogP contribution >= 0.6 is 0 Å². The van der Waals surface area contributed by atoms with Gasteiger partial charge in [0.1, 0.15) is 5.69 Å². The lowest BCUT2D eigenvalue weighted by molar-refractivity contribution is 0.0520. The molecule has 0 bridgehead atoms. The van der Waals surface area contributed by atoms with E-state index < -0.39 is 5.97 Å². The number of esters is 1. The number of rotatable bonds is 4. The van der Waals surface area contributed by atoms with Crippen molar-refractivity contribution in [3.8, 4) is 17.3 Å². The molecular weight excluding hydrogens is 244 g/mol. The van der Waals surface area contributed by atoms with Gasteiger partial charge in [0.15, 0.2) is 5.69 Å². The minimum absolute atomic E-state index is 0.162. The molecule has 96 valence electrons. The quantitative estimate of drug-likeness (QED) is 0.841. The highest BCUT2D eigenvalue weighted by atomic mass is 16.5. The van der Waals surface area contributed by atoms with Crippen molar-refractivity contribution in [3.05, 3.63) is 35.5 Å². The molecule has 1 aromatic heterocycles. The number of hydrogen-bond donors (Lipinski definition) is 1. The lowest BCUT2D eigenvalue weighted by Crippen LogP contribution is -2.06. The number of aromatic nitrogens is 3. The smallest absolute Gasteiger partial charge is 0.361 e. The summed E-state index contributed by atoms with van der Waals surface area (Å²) in [6.45, 7) is 2.01. The lowest BCUT2D eigenvalue weighted by atomic mass is 10.1. The molecule has 0 amide bonds. The first kappa shape index (κ1) is 12.8. The molecule has 0 saturated carbocycles. The fourth-order valence-electron chi connectivity index (χ4n) is 1.65. The van der Waals surface area contributed by atoms with E-state index in [1.54, 1.807) is 19.1 Å². The molecule has 0 fully saturated rings. The average Bonchev–Trinajstić information content (AvgIpc) is 2.89. The van der Waals surface area contributed by atoms with E-state index >= 15 is 0 Å². The number of nitriles is 1. The van der Waals surface area contributed by atoms with Gasteiger partial charge in [-0.1, -0.05) is 24.3 Å². The highest BCUT2D eigenvalue weighted by Crippen LogP contribution is 2.20. The van der Waals surface area contributed by atoms with Crippen LogP contribution in [0.15, 0.2) is 24.3 Å². The minimum atomic E-state index is -0.507. The van der Waals surface area contributed by atoms with Crippen LogP contribution in [0.25, 0.3) is 11.3 Å². The maximum Gasteiger partial charge on any atom is 0.361 e. The van der Waals surface area contributed by atoms with Crippen molar-refractivity contribution >= 4 is 5.97 Å². The summed E-state index contributed by atoms with van der Waals surface area (Å²) in [5, 5.41) is 18.8. The molecular formula is C13H12N4O2. The van der Waals surface area contributed by atoms with Crippen molar-refractivity contribution in [3.63, 3.8) is 0 Å². The first-order valence-electron chi connectivity index (χ1n) is 5.80. The Morgan fingerprint density at radius 2 is 2.11 bits per heavy atom. The van der Waals surface area contributed by atoms with Crippen molar-refractivity contribution in [1.29, 1.82) is 5.26 Å². The number of aromatic amines is 1. The number of benzene rings is 1. The summed E-state index contributed by atoms with van der Waals surface area (Å²) in [5.41, 5.74) is 2.27. The normalized spacial score (nSPS) is 9.89. The summed E-state index contributed by atoms with van der Waals surface area (Å²) in [5.74, 6) is -0.507. The summed E-state index contributed by atoms with van der Waals surface area (Å²) >= 11 is 0. The maximum absolute atomic E-state index is 11.7. The zero-order chi connectivity index (χ0) is 13.7. The van der Waals surface area contributed by atoms with Crippen molar-refractivity contribution in [2.24, 2.45) is 0 Å². The molecule has 2 rings (SSSR count). The Bertz CT molecular complexity index is 610. The predicted octanol–water partition coefficient (Wildman–Crippen LogP) is 1.71. The van der Waals surface area contributed by atoms with Crippen LogP contribution in [0, 0.1) is 11.3 Å². The molecule has 19 heavy (non-hydrogen) atoms. The lowest BCUT2D eigenvalue weighted by Gasteiger charge is -2.02. The predicted molar refractivity (Wildman–Crippen MR) is 67.1 cm³/mol. The van der Waals surface area contributed by atoms with Gasteiger partial charge in [0.2, 0.25) is 0 Å². The van der Waals surface area contributed by atoms with Gasteiger partial charge in [0.05, 0.1) is 19.1 Å². The number of hydrogen-bond acceptors (Lipinski definition) is 5. The Morgan fingerprint density at radius 3 is 2.74 bits per heavy atom. The zero-order valence-corrected chi connectivity index (χ0v) is 10.4. The summed E-state index contributed by atoms with van der Waals surface area (Å²) in [4.78, 5) is 11.7. The molecule has 0 saturated heterocycles. The van der Waals surface area contributed by atoms with E-state index in [9.17, 15) is 4.79 Å². The van der Waals surface area contributed by atoms with E-state index in [1.807, 2.05) is 12.1 Å². The van der Waals surface area contributed by atoms with Gasteiger partial charge in [-0.15, -0.1) is 5.10 Å². The molecule has 0 aliphatic heterocycles. The van der Waals surface area contributed by atoms with Crippen LogP contribution in [0.1, 0.15) is 23.0 Å². The topological polar surface area (TPSA) is 91.7 Å². The number of nitrogens with zero attached hydrogens (tertiary/aromatic N) is 3. The van der Waals surface area contributed by atoms with Crippen LogP contribution in [0.4, 0.5) is 0 Å². The summed E-state index contributed by atoms with van der Waals surface area (Å²) in [6, 6.07) is 9.32. The van der Waals surface area contributed by atoms with Crippen molar-refractivity contribution in [2.45, 2.75) is 13.3 Å². The molecule has 2 aromatic rings. The number of carbonyl (C=O) groups excluding carboxylic acids is 1. The van der Waals surface area contributed by atoms with E-state index in [2.05, 4.69) is 21.5 Å². The molecule has 6 nitrogen and oxygen atoms in total. The Balaban J connectivity index is 2.30. The number of H-pyrrole nitrogens is 1. The number of carbonyl (C=O) groups is 1. The van der Waals surface area contributed by atoms with Crippen LogP contribution in [0.5, 0.6) is 0 Å². The monoisotopic (exact) mass is 256 g/mol. The van der Waals surface area contributed by atoms with Gasteiger partial charge in [-0.05, 0) is 12.5 Å².